The quantitative estimate of drug-likeness (QED) is 0.712. The molecular formula is C14H15N3S. The van der Waals surface area contributed by atoms with Crippen molar-refractivity contribution in [2.24, 2.45) is 0 Å². The smallest absolute Gasteiger partial charge is 0.0958 e. The zero-order chi connectivity index (χ0) is 12.2. The monoisotopic (exact) mass is 257 g/mol. The van der Waals surface area contributed by atoms with Gasteiger partial charge in [0.05, 0.1) is 17.4 Å². The summed E-state index contributed by atoms with van der Waals surface area (Å²) in [4.78, 5) is 5.76. The van der Waals surface area contributed by atoms with Crippen LogP contribution in [0.15, 0.2) is 48.1 Å². The number of nitrogens with zero attached hydrogens (tertiary/aromatic N) is 2. The Balaban J connectivity index is 1.57. The number of rotatable bonds is 5. The molecule has 0 saturated carbocycles. The third-order valence-corrected chi connectivity index (χ3v) is 3.81. The Hall–Kier alpha value is -1.65. The van der Waals surface area contributed by atoms with Gasteiger partial charge in [0, 0.05) is 24.5 Å². The molecule has 1 aromatic carbocycles. The van der Waals surface area contributed by atoms with Crippen molar-refractivity contribution in [1.82, 2.24) is 14.9 Å². The van der Waals surface area contributed by atoms with E-state index in [2.05, 4.69) is 44.5 Å². The number of imidazole rings is 1. The average molecular weight is 257 g/mol. The molecule has 0 unspecified atom stereocenters. The van der Waals surface area contributed by atoms with Gasteiger partial charge in [-0.05, 0) is 23.6 Å². The highest BCUT2D eigenvalue weighted by molar-refractivity contribution is 7.09. The molecule has 2 heterocycles. The molecule has 3 nitrogen and oxygen atoms in total. The van der Waals surface area contributed by atoms with E-state index < -0.39 is 0 Å². The minimum atomic E-state index is 0.949. The molecule has 0 aliphatic rings. The van der Waals surface area contributed by atoms with Crippen LogP contribution >= 0.6 is 11.3 Å². The second kappa shape index (κ2) is 5.33. The third-order valence-electron chi connectivity index (χ3n) is 2.94. The highest BCUT2D eigenvalue weighted by Gasteiger charge is 2.00. The van der Waals surface area contributed by atoms with Crippen LogP contribution in [0.4, 0.5) is 0 Å². The predicted molar refractivity (Wildman–Crippen MR) is 75.8 cm³/mol. The summed E-state index contributed by atoms with van der Waals surface area (Å²) in [6.45, 7) is 2.86. The maximum atomic E-state index is 4.38. The van der Waals surface area contributed by atoms with Crippen molar-refractivity contribution >= 4 is 22.4 Å². The van der Waals surface area contributed by atoms with Gasteiger partial charge < -0.3 is 9.88 Å². The normalized spacial score (nSPS) is 11.1. The number of hydrogen-bond donors (Lipinski definition) is 1. The first kappa shape index (κ1) is 11.4. The summed E-state index contributed by atoms with van der Waals surface area (Å²) in [5.74, 6) is 0. The zero-order valence-electron chi connectivity index (χ0n) is 10.0. The van der Waals surface area contributed by atoms with Gasteiger partial charge in [-0.2, -0.15) is 0 Å². The highest BCUT2D eigenvalue weighted by Crippen LogP contribution is 2.11. The van der Waals surface area contributed by atoms with Crippen molar-refractivity contribution in [2.75, 3.05) is 6.54 Å². The van der Waals surface area contributed by atoms with Gasteiger partial charge in [0.25, 0.3) is 0 Å². The molecule has 1 N–H and O–H groups in total. The van der Waals surface area contributed by atoms with Crippen molar-refractivity contribution in [3.63, 3.8) is 0 Å². The SMILES string of the molecule is c1csc(CNCCn2cnc3ccccc32)c1. The Morgan fingerprint density at radius 1 is 1.17 bits per heavy atom. The summed E-state index contributed by atoms with van der Waals surface area (Å²) in [5.41, 5.74) is 2.27. The molecule has 0 aliphatic heterocycles. The molecule has 0 atom stereocenters. The highest BCUT2D eigenvalue weighted by atomic mass is 32.1. The van der Waals surface area contributed by atoms with Gasteiger partial charge in [-0.3, -0.25) is 0 Å². The predicted octanol–water partition coefficient (Wildman–Crippen LogP) is 2.89. The Kier molecular flexibility index (Phi) is 3.39. The van der Waals surface area contributed by atoms with Crippen LogP contribution in [0.2, 0.25) is 0 Å². The van der Waals surface area contributed by atoms with Crippen LogP contribution in [0, 0.1) is 0 Å². The van der Waals surface area contributed by atoms with E-state index in [-0.39, 0.29) is 0 Å². The third kappa shape index (κ3) is 2.44. The number of benzene rings is 1. The standard InChI is InChI=1S/C14H15N3S/c1-2-6-14-13(5-1)16-11-17(14)8-7-15-10-12-4-3-9-18-12/h1-6,9,11,15H,7-8,10H2. The van der Waals surface area contributed by atoms with Crippen molar-refractivity contribution in [1.29, 1.82) is 0 Å². The zero-order valence-corrected chi connectivity index (χ0v) is 10.9. The van der Waals surface area contributed by atoms with Crippen LogP contribution in [0.3, 0.4) is 0 Å². The lowest BCUT2D eigenvalue weighted by molar-refractivity contribution is 0.610. The molecule has 2 aromatic heterocycles. The number of thiophene rings is 1. The Morgan fingerprint density at radius 2 is 2.11 bits per heavy atom. The molecule has 4 heteroatoms. The number of aromatic nitrogens is 2. The van der Waals surface area contributed by atoms with Crippen molar-refractivity contribution in [3.05, 3.63) is 53.0 Å². The summed E-state index contributed by atoms with van der Waals surface area (Å²) in [7, 11) is 0. The minimum Gasteiger partial charge on any atom is -0.329 e. The Bertz CT molecular complexity index is 613. The van der Waals surface area contributed by atoms with Gasteiger partial charge in [0.2, 0.25) is 0 Å². The van der Waals surface area contributed by atoms with Crippen LogP contribution < -0.4 is 5.32 Å². The molecule has 0 bridgehead atoms. The maximum absolute atomic E-state index is 4.38. The first-order valence-electron chi connectivity index (χ1n) is 6.06. The minimum absolute atomic E-state index is 0.949. The fourth-order valence-electron chi connectivity index (χ4n) is 2.01. The Morgan fingerprint density at radius 3 is 3.00 bits per heavy atom. The van der Waals surface area contributed by atoms with Crippen LogP contribution in [0.1, 0.15) is 4.88 Å². The number of nitrogens with one attached hydrogen (secondary N) is 1. The molecule has 3 rings (SSSR count). The van der Waals surface area contributed by atoms with Crippen LogP contribution in [0.5, 0.6) is 0 Å². The van der Waals surface area contributed by atoms with E-state index in [0.29, 0.717) is 0 Å². The van der Waals surface area contributed by atoms with Crippen molar-refractivity contribution in [3.8, 4) is 0 Å². The van der Waals surface area contributed by atoms with Gasteiger partial charge >= 0.3 is 0 Å². The fourth-order valence-corrected chi connectivity index (χ4v) is 2.69. The molecule has 0 fully saturated rings. The van der Waals surface area contributed by atoms with Gasteiger partial charge in [-0.1, -0.05) is 18.2 Å². The van der Waals surface area contributed by atoms with E-state index in [1.807, 2.05) is 18.5 Å². The summed E-state index contributed by atoms with van der Waals surface area (Å²) in [5, 5.41) is 5.56. The first-order chi connectivity index (χ1) is 8.93. The van der Waals surface area contributed by atoms with Crippen LogP contribution in [-0.2, 0) is 13.1 Å². The van der Waals surface area contributed by atoms with Gasteiger partial charge in [-0.15, -0.1) is 11.3 Å². The van der Waals surface area contributed by atoms with Gasteiger partial charge in [0.15, 0.2) is 0 Å². The lowest BCUT2D eigenvalue weighted by atomic mass is 10.3. The van der Waals surface area contributed by atoms with E-state index in [1.165, 1.54) is 10.4 Å². The molecule has 18 heavy (non-hydrogen) atoms. The summed E-state index contributed by atoms with van der Waals surface area (Å²) < 4.78 is 2.19. The number of para-hydroxylation sites is 2. The summed E-state index contributed by atoms with van der Waals surface area (Å²) >= 11 is 1.79. The molecule has 92 valence electrons. The summed E-state index contributed by atoms with van der Waals surface area (Å²) in [6, 6.07) is 12.5. The molecule has 0 aliphatic carbocycles. The second-order valence-corrected chi connectivity index (χ2v) is 5.22. The summed E-state index contributed by atoms with van der Waals surface area (Å²) in [6.07, 6.45) is 1.91. The van der Waals surface area contributed by atoms with Crippen LogP contribution in [0.25, 0.3) is 11.0 Å². The molecular weight excluding hydrogens is 242 g/mol. The van der Waals surface area contributed by atoms with E-state index >= 15 is 0 Å². The Labute approximate surface area is 110 Å². The van der Waals surface area contributed by atoms with Gasteiger partial charge in [-0.25, -0.2) is 4.98 Å². The largest absolute Gasteiger partial charge is 0.329 e. The van der Waals surface area contributed by atoms with E-state index in [1.54, 1.807) is 11.3 Å². The van der Waals surface area contributed by atoms with Crippen molar-refractivity contribution in [2.45, 2.75) is 13.1 Å². The van der Waals surface area contributed by atoms with Crippen molar-refractivity contribution < 1.29 is 0 Å². The van der Waals surface area contributed by atoms with E-state index in [0.717, 1.165) is 25.2 Å². The number of fused-ring (bicyclic) bond motifs is 1. The molecule has 3 aromatic rings. The molecule has 0 saturated heterocycles. The van der Waals surface area contributed by atoms with E-state index in [4.69, 9.17) is 0 Å². The molecule has 0 radical (unpaired) electrons. The van der Waals surface area contributed by atoms with Gasteiger partial charge in [0.1, 0.15) is 0 Å². The fraction of sp³-hybridized carbons (Fsp3) is 0.214. The topological polar surface area (TPSA) is 29.9 Å². The second-order valence-electron chi connectivity index (χ2n) is 4.18. The molecule has 0 spiro atoms. The van der Waals surface area contributed by atoms with E-state index in [9.17, 15) is 0 Å². The lowest BCUT2D eigenvalue weighted by Crippen LogP contribution is -2.18. The number of hydrogen-bond acceptors (Lipinski definition) is 3. The van der Waals surface area contributed by atoms with Crippen LogP contribution in [-0.4, -0.2) is 16.1 Å². The lowest BCUT2D eigenvalue weighted by Gasteiger charge is -2.05. The maximum Gasteiger partial charge on any atom is 0.0958 e. The molecule has 0 amide bonds. The first-order valence-corrected chi connectivity index (χ1v) is 6.94. The average Bonchev–Trinajstić information content (AvgIpc) is 3.04.